The van der Waals surface area contributed by atoms with Gasteiger partial charge in [0.25, 0.3) is 0 Å². The fourth-order valence-corrected chi connectivity index (χ4v) is 2.48. The minimum atomic E-state index is -0.0114. The lowest BCUT2D eigenvalue weighted by Gasteiger charge is -2.30. The average Bonchev–Trinajstić information content (AvgIpc) is 2.76. The zero-order valence-corrected chi connectivity index (χ0v) is 10.6. The number of nitrogens with zero attached hydrogens (tertiary/aromatic N) is 2. The van der Waals surface area contributed by atoms with Crippen LogP contribution in [-0.4, -0.2) is 9.55 Å². The predicted octanol–water partition coefficient (Wildman–Crippen LogP) is 2.25. The van der Waals surface area contributed by atoms with E-state index in [2.05, 4.69) is 24.0 Å². The summed E-state index contributed by atoms with van der Waals surface area (Å²) >= 11 is 0. The summed E-state index contributed by atoms with van der Waals surface area (Å²) in [6.07, 6.45) is 4.41. The van der Waals surface area contributed by atoms with Crippen LogP contribution in [0.5, 0.6) is 5.75 Å². The van der Waals surface area contributed by atoms with E-state index in [9.17, 15) is 0 Å². The summed E-state index contributed by atoms with van der Waals surface area (Å²) in [6.45, 7) is 2.07. The Hall–Kier alpha value is -1.81. The molecule has 0 amide bonds. The first-order chi connectivity index (χ1) is 8.65. The Bertz CT molecular complexity index is 576. The van der Waals surface area contributed by atoms with E-state index in [4.69, 9.17) is 10.5 Å². The van der Waals surface area contributed by atoms with Crippen molar-refractivity contribution in [3.8, 4) is 5.75 Å². The summed E-state index contributed by atoms with van der Waals surface area (Å²) in [7, 11) is 1.97. The van der Waals surface area contributed by atoms with E-state index in [0.29, 0.717) is 0 Å². The van der Waals surface area contributed by atoms with Crippen molar-refractivity contribution in [2.75, 3.05) is 0 Å². The molecule has 4 heteroatoms. The normalized spacial score (nSPS) is 22.4. The first-order valence-electron chi connectivity index (χ1n) is 6.14. The van der Waals surface area contributed by atoms with Gasteiger partial charge in [0, 0.05) is 25.1 Å². The lowest BCUT2D eigenvalue weighted by atomic mass is 9.95. The molecule has 4 nitrogen and oxygen atoms in total. The van der Waals surface area contributed by atoms with Crippen molar-refractivity contribution < 1.29 is 4.74 Å². The molecular formula is C14H17N3O. The number of imidazole rings is 1. The topological polar surface area (TPSA) is 53.1 Å². The van der Waals surface area contributed by atoms with E-state index in [1.165, 1.54) is 5.56 Å². The van der Waals surface area contributed by atoms with Crippen molar-refractivity contribution in [1.29, 1.82) is 0 Å². The maximum atomic E-state index is 6.25. The van der Waals surface area contributed by atoms with Gasteiger partial charge in [-0.3, -0.25) is 0 Å². The Morgan fingerprint density at radius 2 is 2.28 bits per heavy atom. The third-order valence-electron chi connectivity index (χ3n) is 3.49. The smallest absolute Gasteiger partial charge is 0.142 e. The van der Waals surface area contributed by atoms with Gasteiger partial charge in [0.1, 0.15) is 11.9 Å². The van der Waals surface area contributed by atoms with Crippen LogP contribution < -0.4 is 10.5 Å². The molecule has 2 atom stereocenters. The van der Waals surface area contributed by atoms with Gasteiger partial charge < -0.3 is 15.0 Å². The number of hydrogen-bond acceptors (Lipinski definition) is 3. The fraction of sp³-hybridized carbons (Fsp3) is 0.357. The summed E-state index contributed by atoms with van der Waals surface area (Å²) in [5, 5.41) is 0. The van der Waals surface area contributed by atoms with E-state index in [0.717, 1.165) is 23.4 Å². The highest BCUT2D eigenvalue weighted by Gasteiger charge is 2.28. The van der Waals surface area contributed by atoms with E-state index in [1.54, 1.807) is 6.33 Å². The monoisotopic (exact) mass is 243 g/mol. The third-order valence-corrected chi connectivity index (χ3v) is 3.49. The Kier molecular flexibility index (Phi) is 2.59. The molecule has 0 spiro atoms. The molecular weight excluding hydrogens is 226 g/mol. The van der Waals surface area contributed by atoms with Crippen LogP contribution in [0.1, 0.15) is 35.4 Å². The number of fused-ring (bicyclic) bond motifs is 1. The molecule has 94 valence electrons. The second-order valence-corrected chi connectivity index (χ2v) is 4.92. The van der Waals surface area contributed by atoms with E-state index in [1.807, 2.05) is 23.9 Å². The second kappa shape index (κ2) is 4.14. The predicted molar refractivity (Wildman–Crippen MR) is 69.3 cm³/mol. The molecule has 0 bridgehead atoms. The van der Waals surface area contributed by atoms with Crippen molar-refractivity contribution in [3.05, 3.63) is 47.5 Å². The first kappa shape index (κ1) is 11.3. The van der Waals surface area contributed by atoms with Crippen LogP contribution >= 0.6 is 0 Å². The zero-order valence-electron chi connectivity index (χ0n) is 10.6. The highest BCUT2D eigenvalue weighted by molar-refractivity contribution is 5.41. The summed E-state index contributed by atoms with van der Waals surface area (Å²) in [4.78, 5) is 4.13. The van der Waals surface area contributed by atoms with Crippen LogP contribution in [0.2, 0.25) is 0 Å². The van der Waals surface area contributed by atoms with Crippen LogP contribution in [-0.2, 0) is 7.05 Å². The second-order valence-electron chi connectivity index (χ2n) is 4.92. The van der Waals surface area contributed by atoms with Crippen LogP contribution in [0, 0.1) is 6.92 Å². The number of ether oxygens (including phenoxy) is 1. The molecule has 18 heavy (non-hydrogen) atoms. The number of aryl methyl sites for hydroxylation is 2. The van der Waals surface area contributed by atoms with Crippen molar-refractivity contribution in [3.63, 3.8) is 0 Å². The lowest BCUT2D eigenvalue weighted by molar-refractivity contribution is 0.154. The molecule has 2 N–H and O–H groups in total. The molecule has 0 aliphatic carbocycles. The number of rotatable bonds is 1. The molecule has 0 radical (unpaired) electrons. The van der Waals surface area contributed by atoms with Gasteiger partial charge >= 0.3 is 0 Å². The standard InChI is InChI=1S/C14H17N3O/c1-9-3-4-13-10(5-9)11(15)6-14(18-13)12-7-16-8-17(12)2/h3-5,7-8,11,14H,6,15H2,1-2H3. The molecule has 0 saturated carbocycles. The molecule has 1 aromatic carbocycles. The quantitative estimate of drug-likeness (QED) is 0.835. The lowest BCUT2D eigenvalue weighted by Crippen LogP contribution is -2.25. The SMILES string of the molecule is Cc1ccc2c(c1)C(N)CC(c1cncn1C)O2. The highest BCUT2D eigenvalue weighted by atomic mass is 16.5. The van der Waals surface area contributed by atoms with Crippen LogP contribution in [0.4, 0.5) is 0 Å². The van der Waals surface area contributed by atoms with Gasteiger partial charge in [-0.25, -0.2) is 4.98 Å². The summed E-state index contributed by atoms with van der Waals surface area (Å²) in [6, 6.07) is 6.19. The van der Waals surface area contributed by atoms with Gasteiger partial charge in [0.15, 0.2) is 0 Å². The molecule has 3 rings (SSSR count). The van der Waals surface area contributed by atoms with Crippen molar-refractivity contribution in [2.45, 2.75) is 25.5 Å². The van der Waals surface area contributed by atoms with Gasteiger partial charge in [-0.15, -0.1) is 0 Å². The summed E-state index contributed by atoms with van der Waals surface area (Å²) in [5.74, 6) is 0.894. The Labute approximate surface area is 106 Å². The van der Waals surface area contributed by atoms with Crippen molar-refractivity contribution >= 4 is 0 Å². The molecule has 2 aromatic rings. The fourth-order valence-electron chi connectivity index (χ4n) is 2.48. The maximum absolute atomic E-state index is 6.25. The first-order valence-corrected chi connectivity index (χ1v) is 6.14. The zero-order chi connectivity index (χ0) is 12.7. The Balaban J connectivity index is 1.97. The molecule has 0 saturated heterocycles. The number of hydrogen-bond donors (Lipinski definition) is 1. The van der Waals surface area contributed by atoms with Gasteiger partial charge in [-0.2, -0.15) is 0 Å². The molecule has 1 aromatic heterocycles. The van der Waals surface area contributed by atoms with Crippen LogP contribution in [0.3, 0.4) is 0 Å². The van der Waals surface area contributed by atoms with Gasteiger partial charge in [-0.05, 0) is 13.0 Å². The van der Waals surface area contributed by atoms with E-state index < -0.39 is 0 Å². The van der Waals surface area contributed by atoms with Crippen LogP contribution in [0.15, 0.2) is 30.7 Å². The van der Waals surface area contributed by atoms with E-state index >= 15 is 0 Å². The molecule has 2 heterocycles. The van der Waals surface area contributed by atoms with Gasteiger partial charge in [-0.1, -0.05) is 17.7 Å². The minimum absolute atomic E-state index is 0.0114. The number of aromatic nitrogens is 2. The number of benzene rings is 1. The third kappa shape index (κ3) is 1.78. The molecule has 0 fully saturated rings. The van der Waals surface area contributed by atoms with Crippen molar-refractivity contribution in [2.24, 2.45) is 12.8 Å². The maximum Gasteiger partial charge on any atom is 0.142 e. The van der Waals surface area contributed by atoms with Crippen molar-refractivity contribution in [1.82, 2.24) is 9.55 Å². The molecule has 2 unspecified atom stereocenters. The Morgan fingerprint density at radius 1 is 1.44 bits per heavy atom. The highest BCUT2D eigenvalue weighted by Crippen LogP contribution is 2.39. The summed E-state index contributed by atoms with van der Waals surface area (Å²) in [5.41, 5.74) is 9.64. The number of nitrogens with two attached hydrogens (primary N) is 1. The molecule has 1 aliphatic heterocycles. The van der Waals surface area contributed by atoms with Crippen LogP contribution in [0.25, 0.3) is 0 Å². The van der Waals surface area contributed by atoms with Gasteiger partial charge in [0.05, 0.1) is 18.2 Å². The molecule has 1 aliphatic rings. The van der Waals surface area contributed by atoms with Gasteiger partial charge in [0.2, 0.25) is 0 Å². The van der Waals surface area contributed by atoms with E-state index in [-0.39, 0.29) is 12.1 Å². The summed E-state index contributed by atoms with van der Waals surface area (Å²) < 4.78 is 8.02. The Morgan fingerprint density at radius 3 is 3.00 bits per heavy atom. The largest absolute Gasteiger partial charge is 0.484 e. The average molecular weight is 243 g/mol. The minimum Gasteiger partial charge on any atom is -0.484 e.